The molecule has 0 amide bonds. The Hall–Kier alpha value is -1.99. The Labute approximate surface area is 167 Å². The fourth-order valence-corrected chi connectivity index (χ4v) is 4.46. The number of aliphatic imine (C=N–C) groups is 1. The third-order valence-corrected chi connectivity index (χ3v) is 5.96. The molecule has 4 atom stereocenters. The Balaban J connectivity index is 1.71. The van der Waals surface area contributed by atoms with E-state index < -0.39 is 6.10 Å². The minimum atomic E-state index is -0.794. The van der Waals surface area contributed by atoms with Gasteiger partial charge in [-0.05, 0) is 31.5 Å². The molecule has 1 aliphatic heterocycles. The number of guanidine groups is 1. The van der Waals surface area contributed by atoms with E-state index in [1.807, 2.05) is 13.0 Å². The molecule has 1 aliphatic carbocycles. The van der Waals surface area contributed by atoms with Crippen LogP contribution >= 0.6 is 0 Å². The molecule has 3 rings (SSSR count). The fraction of sp³-hybridized carbons (Fsp3) is 0.667. The van der Waals surface area contributed by atoms with Gasteiger partial charge in [0, 0.05) is 36.1 Å². The number of benzene rings is 1. The Morgan fingerprint density at radius 3 is 2.82 bits per heavy atom. The minimum absolute atomic E-state index is 0.0615. The summed E-state index contributed by atoms with van der Waals surface area (Å²) in [4.78, 5) is 4.63. The topological polar surface area (TPSA) is 84.3 Å². The Morgan fingerprint density at radius 1 is 1.36 bits per heavy atom. The maximum Gasteiger partial charge on any atom is 0.191 e. The zero-order valence-corrected chi connectivity index (χ0v) is 17.5. The van der Waals surface area contributed by atoms with Crippen LogP contribution < -0.4 is 20.1 Å². The molecule has 4 unspecified atom stereocenters. The summed E-state index contributed by atoms with van der Waals surface area (Å²) in [5, 5.41) is 17.6. The fourth-order valence-electron chi connectivity index (χ4n) is 4.46. The van der Waals surface area contributed by atoms with E-state index in [0.717, 1.165) is 19.6 Å². The van der Waals surface area contributed by atoms with Gasteiger partial charge in [0.2, 0.25) is 0 Å². The van der Waals surface area contributed by atoms with Crippen molar-refractivity contribution in [3.63, 3.8) is 0 Å². The summed E-state index contributed by atoms with van der Waals surface area (Å²) in [6, 6.07) is 5.69. The zero-order valence-electron chi connectivity index (χ0n) is 17.5. The molecule has 2 aliphatic rings. The first kappa shape index (κ1) is 20.7. The van der Waals surface area contributed by atoms with Crippen LogP contribution in [0.3, 0.4) is 0 Å². The van der Waals surface area contributed by atoms with Crippen molar-refractivity contribution in [1.82, 2.24) is 10.6 Å². The summed E-state index contributed by atoms with van der Waals surface area (Å²) in [5.74, 6) is 2.52. The molecule has 0 spiro atoms. The molecule has 2 fully saturated rings. The summed E-state index contributed by atoms with van der Waals surface area (Å²) in [6.45, 7) is 8.30. The molecule has 0 radical (unpaired) electrons. The highest BCUT2D eigenvalue weighted by molar-refractivity contribution is 5.80. The van der Waals surface area contributed by atoms with Gasteiger partial charge in [-0.15, -0.1) is 0 Å². The predicted molar refractivity (Wildman–Crippen MR) is 109 cm³/mol. The van der Waals surface area contributed by atoms with Crippen LogP contribution in [0.2, 0.25) is 0 Å². The summed E-state index contributed by atoms with van der Waals surface area (Å²) in [5.41, 5.74) is 0.723. The van der Waals surface area contributed by atoms with Crippen molar-refractivity contribution in [1.29, 1.82) is 0 Å². The lowest BCUT2D eigenvalue weighted by Gasteiger charge is -2.54. The Kier molecular flexibility index (Phi) is 6.35. The molecule has 3 N–H and O–H groups in total. The number of rotatable bonds is 7. The van der Waals surface area contributed by atoms with E-state index in [-0.39, 0.29) is 12.0 Å². The van der Waals surface area contributed by atoms with Gasteiger partial charge in [0.15, 0.2) is 5.96 Å². The summed E-state index contributed by atoms with van der Waals surface area (Å²) in [6.07, 6.45) is 0.603. The predicted octanol–water partition coefficient (Wildman–Crippen LogP) is 2.11. The number of ether oxygens (including phenoxy) is 3. The highest BCUT2D eigenvalue weighted by atomic mass is 16.5. The van der Waals surface area contributed by atoms with E-state index in [1.54, 1.807) is 26.4 Å². The zero-order chi connectivity index (χ0) is 20.3. The van der Waals surface area contributed by atoms with Crippen molar-refractivity contribution in [2.45, 2.75) is 45.4 Å². The average Bonchev–Trinajstić information content (AvgIpc) is 3.16. The minimum Gasteiger partial charge on any atom is -0.497 e. The monoisotopic (exact) mass is 391 g/mol. The lowest BCUT2D eigenvalue weighted by Crippen LogP contribution is -2.68. The first-order valence-electron chi connectivity index (χ1n) is 9.98. The number of aliphatic hydroxyl groups is 1. The highest BCUT2D eigenvalue weighted by Gasteiger charge is 2.59. The number of nitrogens with zero attached hydrogens (tertiary/aromatic N) is 1. The normalized spacial score (nSPS) is 26.8. The molecular weight excluding hydrogens is 358 g/mol. The van der Waals surface area contributed by atoms with Crippen LogP contribution in [0.25, 0.3) is 0 Å². The number of hydrogen-bond donors (Lipinski definition) is 3. The molecule has 7 heteroatoms. The van der Waals surface area contributed by atoms with E-state index in [9.17, 15) is 5.11 Å². The summed E-state index contributed by atoms with van der Waals surface area (Å²) < 4.78 is 16.5. The molecule has 28 heavy (non-hydrogen) atoms. The van der Waals surface area contributed by atoms with E-state index in [4.69, 9.17) is 14.2 Å². The van der Waals surface area contributed by atoms with Crippen LogP contribution in [0.15, 0.2) is 23.2 Å². The van der Waals surface area contributed by atoms with Gasteiger partial charge in [-0.2, -0.15) is 0 Å². The molecule has 0 bridgehead atoms. The van der Waals surface area contributed by atoms with Crippen LogP contribution in [0.5, 0.6) is 11.5 Å². The van der Waals surface area contributed by atoms with Gasteiger partial charge >= 0.3 is 0 Å². The van der Waals surface area contributed by atoms with Crippen LogP contribution in [0.1, 0.15) is 38.9 Å². The number of aliphatic hydroxyl groups excluding tert-OH is 1. The van der Waals surface area contributed by atoms with Crippen molar-refractivity contribution in [2.75, 3.05) is 33.9 Å². The molecule has 0 aromatic heterocycles. The van der Waals surface area contributed by atoms with Gasteiger partial charge in [0.05, 0.1) is 26.9 Å². The van der Waals surface area contributed by atoms with Crippen LogP contribution in [-0.4, -0.2) is 57.1 Å². The third-order valence-electron chi connectivity index (χ3n) is 5.96. The van der Waals surface area contributed by atoms with Gasteiger partial charge < -0.3 is 30.0 Å². The number of nitrogens with one attached hydrogen (secondary N) is 2. The van der Waals surface area contributed by atoms with Gasteiger partial charge in [-0.3, -0.25) is 4.99 Å². The number of methoxy groups -OCH3 is 2. The van der Waals surface area contributed by atoms with Crippen molar-refractivity contribution in [3.8, 4) is 11.5 Å². The van der Waals surface area contributed by atoms with E-state index in [2.05, 4.69) is 29.5 Å². The standard InChI is InChI=1S/C21H33N3O4/c1-6-22-20(24-18-14-9-10-28-19(14)21(18,2)3)23-12-16(25)15-11-13(26-4)7-8-17(15)27-5/h7-8,11,14,16,18-19,25H,6,9-10,12H2,1-5H3,(H2,22,23,24). The number of hydrogen-bond acceptors (Lipinski definition) is 5. The van der Waals surface area contributed by atoms with Gasteiger partial charge in [0.25, 0.3) is 0 Å². The molecule has 1 saturated heterocycles. The molecule has 1 aromatic rings. The second-order valence-corrected chi connectivity index (χ2v) is 8.03. The highest BCUT2D eigenvalue weighted by Crippen LogP contribution is 2.52. The summed E-state index contributed by atoms with van der Waals surface area (Å²) >= 11 is 0. The second-order valence-electron chi connectivity index (χ2n) is 8.03. The van der Waals surface area contributed by atoms with E-state index in [1.165, 1.54) is 0 Å². The largest absolute Gasteiger partial charge is 0.497 e. The maximum atomic E-state index is 10.7. The van der Waals surface area contributed by atoms with Crippen molar-refractivity contribution in [3.05, 3.63) is 23.8 Å². The van der Waals surface area contributed by atoms with Crippen LogP contribution in [-0.2, 0) is 4.74 Å². The van der Waals surface area contributed by atoms with Crippen molar-refractivity contribution >= 4 is 5.96 Å². The van der Waals surface area contributed by atoms with E-state index >= 15 is 0 Å². The summed E-state index contributed by atoms with van der Waals surface area (Å²) in [7, 11) is 3.19. The maximum absolute atomic E-state index is 10.7. The van der Waals surface area contributed by atoms with E-state index in [0.29, 0.717) is 41.1 Å². The Bertz CT molecular complexity index is 707. The molecule has 156 valence electrons. The lowest BCUT2D eigenvalue weighted by molar-refractivity contribution is -0.106. The van der Waals surface area contributed by atoms with Crippen LogP contribution in [0.4, 0.5) is 0 Å². The van der Waals surface area contributed by atoms with Crippen LogP contribution in [0, 0.1) is 11.3 Å². The average molecular weight is 392 g/mol. The molecule has 1 heterocycles. The van der Waals surface area contributed by atoms with Gasteiger partial charge in [-0.1, -0.05) is 13.8 Å². The Morgan fingerprint density at radius 2 is 2.14 bits per heavy atom. The van der Waals surface area contributed by atoms with Gasteiger partial charge in [0.1, 0.15) is 17.6 Å². The molecule has 1 saturated carbocycles. The molecular formula is C21H33N3O4. The third kappa shape index (κ3) is 3.91. The first-order chi connectivity index (χ1) is 13.4. The molecule has 7 nitrogen and oxygen atoms in total. The first-order valence-corrected chi connectivity index (χ1v) is 9.98. The van der Waals surface area contributed by atoms with Gasteiger partial charge in [-0.25, -0.2) is 0 Å². The molecule has 1 aromatic carbocycles. The lowest BCUT2D eigenvalue weighted by atomic mass is 9.57. The van der Waals surface area contributed by atoms with Crippen molar-refractivity contribution in [2.24, 2.45) is 16.3 Å². The smallest absolute Gasteiger partial charge is 0.191 e. The second kappa shape index (κ2) is 8.57. The number of fused-ring (bicyclic) bond motifs is 1. The van der Waals surface area contributed by atoms with Crippen molar-refractivity contribution < 1.29 is 19.3 Å². The SMILES string of the molecule is CCNC(=NCC(O)c1cc(OC)ccc1OC)NC1C2CCOC2C1(C)C. The quantitative estimate of drug-likeness (QED) is 0.488.